The number of benzene rings is 2. The maximum atomic E-state index is 12.3. The topological polar surface area (TPSA) is 105 Å². The summed E-state index contributed by atoms with van der Waals surface area (Å²) >= 11 is 1.51. The molecule has 0 aliphatic carbocycles. The van der Waals surface area contributed by atoms with Crippen LogP contribution >= 0.6 is 11.3 Å². The number of hydrogen-bond donors (Lipinski definition) is 1. The first-order valence-electron chi connectivity index (χ1n) is 10.1. The number of aryl methyl sites for hydroxylation is 1. The zero-order chi connectivity index (χ0) is 23.3. The highest BCUT2D eigenvalue weighted by atomic mass is 32.2. The molecule has 33 heavy (non-hydrogen) atoms. The summed E-state index contributed by atoms with van der Waals surface area (Å²) in [5.41, 5.74) is 3.69. The van der Waals surface area contributed by atoms with Crippen molar-refractivity contribution in [3.05, 3.63) is 88.9 Å². The third-order valence-electron chi connectivity index (χ3n) is 4.81. The van der Waals surface area contributed by atoms with E-state index < -0.39 is 10.1 Å². The number of nitrogens with one attached hydrogen (secondary N) is 1. The smallest absolute Gasteiger partial charge is 0.296 e. The Kier molecular flexibility index (Phi) is 6.79. The van der Waals surface area contributed by atoms with Crippen molar-refractivity contribution in [2.24, 2.45) is 0 Å². The van der Waals surface area contributed by atoms with Crippen LogP contribution in [0.4, 0.5) is 11.6 Å². The minimum Gasteiger partial charge on any atom is -0.324 e. The van der Waals surface area contributed by atoms with Gasteiger partial charge in [0.2, 0.25) is 5.95 Å². The first-order chi connectivity index (χ1) is 15.9. The molecular formula is C24H20N4O3S2. The maximum Gasteiger partial charge on any atom is 0.296 e. The first-order valence-corrected chi connectivity index (χ1v) is 12.4. The molecule has 0 fully saturated rings. The Bertz CT molecular complexity index is 1380. The molecule has 166 valence electrons. The lowest BCUT2D eigenvalue weighted by molar-refractivity contribution is 0.322. The van der Waals surface area contributed by atoms with Gasteiger partial charge in [-0.2, -0.15) is 13.7 Å². The SMILES string of the molecule is Cc1ccc(S(=O)(=O)OCCc2ccc(Nc3ncc(C#N)c(-c4cccs4)n3)cc2)cc1. The van der Waals surface area contributed by atoms with Crippen LogP contribution in [0, 0.1) is 18.3 Å². The van der Waals surface area contributed by atoms with Crippen molar-refractivity contribution >= 4 is 33.1 Å². The van der Waals surface area contributed by atoms with Crippen LogP contribution in [0.15, 0.2) is 77.1 Å². The third-order valence-corrected chi connectivity index (χ3v) is 7.02. The highest BCUT2D eigenvalue weighted by Crippen LogP contribution is 2.27. The fourth-order valence-electron chi connectivity index (χ4n) is 3.05. The molecule has 4 aromatic rings. The molecule has 0 atom stereocenters. The highest BCUT2D eigenvalue weighted by molar-refractivity contribution is 7.86. The fourth-order valence-corrected chi connectivity index (χ4v) is 4.69. The lowest BCUT2D eigenvalue weighted by Gasteiger charge is -2.09. The Hall–Kier alpha value is -3.58. The van der Waals surface area contributed by atoms with Gasteiger partial charge < -0.3 is 5.32 Å². The fraction of sp³-hybridized carbons (Fsp3) is 0.125. The molecule has 4 rings (SSSR count). The van der Waals surface area contributed by atoms with E-state index in [1.165, 1.54) is 17.5 Å². The van der Waals surface area contributed by atoms with E-state index in [2.05, 4.69) is 21.4 Å². The minimum atomic E-state index is -3.78. The van der Waals surface area contributed by atoms with Gasteiger partial charge >= 0.3 is 0 Å². The van der Waals surface area contributed by atoms with Gasteiger partial charge in [-0.25, -0.2) is 9.97 Å². The quantitative estimate of drug-likeness (QED) is 0.354. The van der Waals surface area contributed by atoms with Gasteiger partial charge in [-0.1, -0.05) is 35.9 Å². The monoisotopic (exact) mass is 476 g/mol. The predicted octanol–water partition coefficient (Wildman–Crippen LogP) is 5.08. The maximum absolute atomic E-state index is 12.3. The summed E-state index contributed by atoms with van der Waals surface area (Å²) in [5, 5.41) is 14.4. The summed E-state index contributed by atoms with van der Waals surface area (Å²) in [6.45, 7) is 1.94. The van der Waals surface area contributed by atoms with Crippen molar-refractivity contribution in [3.63, 3.8) is 0 Å². The Labute approximate surface area is 196 Å². The second-order valence-corrected chi connectivity index (χ2v) is 9.77. The molecule has 2 aromatic carbocycles. The standard InChI is InChI=1S/C24H20N4O3S2/c1-17-4-10-21(11-5-17)33(29,30)31-13-12-18-6-8-20(9-7-18)27-24-26-16-19(15-25)23(28-24)22-3-2-14-32-22/h2-11,14,16H,12-13H2,1H3,(H,26,27,28). The minimum absolute atomic E-state index is 0.0475. The molecule has 0 radical (unpaired) electrons. The Balaban J connectivity index is 1.37. The molecule has 0 amide bonds. The summed E-state index contributed by atoms with van der Waals surface area (Å²) in [5.74, 6) is 0.387. The van der Waals surface area contributed by atoms with E-state index in [4.69, 9.17) is 4.18 Å². The van der Waals surface area contributed by atoms with Crippen LogP contribution in [-0.4, -0.2) is 25.0 Å². The Morgan fingerprint density at radius 1 is 1.09 bits per heavy atom. The second-order valence-electron chi connectivity index (χ2n) is 7.21. The van der Waals surface area contributed by atoms with E-state index in [1.54, 1.807) is 24.3 Å². The average molecular weight is 477 g/mol. The van der Waals surface area contributed by atoms with Crippen LogP contribution in [-0.2, 0) is 20.7 Å². The second kappa shape index (κ2) is 9.92. The molecule has 0 aliphatic rings. The number of anilines is 2. The summed E-state index contributed by atoms with van der Waals surface area (Å²) in [4.78, 5) is 9.76. The molecule has 0 aliphatic heterocycles. The van der Waals surface area contributed by atoms with E-state index in [9.17, 15) is 13.7 Å². The van der Waals surface area contributed by atoms with Crippen molar-refractivity contribution in [3.8, 4) is 16.6 Å². The highest BCUT2D eigenvalue weighted by Gasteiger charge is 2.15. The van der Waals surface area contributed by atoms with E-state index in [-0.39, 0.29) is 11.5 Å². The number of rotatable bonds is 8. The van der Waals surface area contributed by atoms with Crippen molar-refractivity contribution in [2.45, 2.75) is 18.2 Å². The molecule has 0 bridgehead atoms. The van der Waals surface area contributed by atoms with E-state index in [0.717, 1.165) is 21.7 Å². The normalized spacial score (nSPS) is 11.2. The first kappa shape index (κ1) is 22.6. The van der Waals surface area contributed by atoms with Gasteiger partial charge in [0.15, 0.2) is 0 Å². The van der Waals surface area contributed by atoms with Crippen molar-refractivity contribution < 1.29 is 12.6 Å². The molecule has 0 saturated heterocycles. The number of nitrogens with zero attached hydrogens (tertiary/aromatic N) is 3. The lowest BCUT2D eigenvalue weighted by atomic mass is 10.1. The van der Waals surface area contributed by atoms with Crippen LogP contribution in [0.2, 0.25) is 0 Å². The van der Waals surface area contributed by atoms with Crippen LogP contribution in [0.3, 0.4) is 0 Å². The van der Waals surface area contributed by atoms with Gasteiger partial charge in [0, 0.05) is 5.69 Å². The van der Waals surface area contributed by atoms with Crippen molar-refractivity contribution in [1.82, 2.24) is 9.97 Å². The third kappa shape index (κ3) is 5.62. The predicted molar refractivity (Wildman–Crippen MR) is 128 cm³/mol. The van der Waals surface area contributed by atoms with Crippen LogP contribution in [0.1, 0.15) is 16.7 Å². The van der Waals surface area contributed by atoms with E-state index in [0.29, 0.717) is 23.6 Å². The molecule has 1 N–H and O–H groups in total. The van der Waals surface area contributed by atoms with Crippen molar-refractivity contribution in [2.75, 3.05) is 11.9 Å². The summed E-state index contributed by atoms with van der Waals surface area (Å²) in [7, 11) is -3.78. The van der Waals surface area contributed by atoms with Gasteiger partial charge in [-0.3, -0.25) is 4.18 Å². The molecule has 2 heterocycles. The Morgan fingerprint density at radius 3 is 2.52 bits per heavy atom. The van der Waals surface area contributed by atoms with E-state index in [1.807, 2.05) is 48.7 Å². The van der Waals surface area contributed by atoms with Crippen LogP contribution in [0.5, 0.6) is 0 Å². The molecule has 0 spiro atoms. The van der Waals surface area contributed by atoms with Crippen molar-refractivity contribution in [1.29, 1.82) is 5.26 Å². The number of nitriles is 1. The van der Waals surface area contributed by atoms with Gasteiger partial charge in [0.25, 0.3) is 10.1 Å². The van der Waals surface area contributed by atoms with Gasteiger partial charge in [-0.15, -0.1) is 11.3 Å². The molecule has 0 saturated carbocycles. The lowest BCUT2D eigenvalue weighted by Crippen LogP contribution is -2.09. The van der Waals surface area contributed by atoms with Gasteiger partial charge in [-0.05, 0) is 54.6 Å². The molecular weight excluding hydrogens is 456 g/mol. The summed E-state index contributed by atoms with van der Waals surface area (Å²) < 4.78 is 29.7. The average Bonchev–Trinajstić information content (AvgIpc) is 3.35. The van der Waals surface area contributed by atoms with Crippen LogP contribution in [0.25, 0.3) is 10.6 Å². The largest absolute Gasteiger partial charge is 0.324 e. The Morgan fingerprint density at radius 2 is 1.85 bits per heavy atom. The molecule has 2 aromatic heterocycles. The zero-order valence-electron chi connectivity index (χ0n) is 17.7. The molecule has 9 heteroatoms. The number of aromatic nitrogens is 2. The number of hydrogen-bond acceptors (Lipinski definition) is 8. The molecule has 7 nitrogen and oxygen atoms in total. The van der Waals surface area contributed by atoms with E-state index >= 15 is 0 Å². The summed E-state index contributed by atoms with van der Waals surface area (Å²) in [6.07, 6.45) is 1.95. The number of thiophene rings is 1. The zero-order valence-corrected chi connectivity index (χ0v) is 19.4. The van der Waals surface area contributed by atoms with Crippen LogP contribution < -0.4 is 5.32 Å². The summed E-state index contributed by atoms with van der Waals surface area (Å²) in [6, 6.07) is 20.0. The molecule has 0 unspecified atom stereocenters. The van der Waals surface area contributed by atoms with Gasteiger partial charge in [0.05, 0.1) is 28.1 Å². The van der Waals surface area contributed by atoms with Gasteiger partial charge in [0.1, 0.15) is 11.8 Å².